The van der Waals surface area contributed by atoms with Gasteiger partial charge in [-0.2, -0.15) is 0 Å². The molecule has 10 nitrogen and oxygen atoms in total. The third kappa shape index (κ3) is 31.7. The molecule has 4 atom stereocenters. The van der Waals surface area contributed by atoms with Gasteiger partial charge in [0, 0.05) is 19.4 Å². The van der Waals surface area contributed by atoms with Gasteiger partial charge in [0.25, 0.3) is 0 Å². The number of rotatable bonds is 36. The smallest absolute Gasteiger partial charge is 0.462 e. The number of phosphoric ester groups is 1. The first kappa shape index (κ1) is 49.4. The van der Waals surface area contributed by atoms with Gasteiger partial charge in [0.1, 0.15) is 6.61 Å². The summed E-state index contributed by atoms with van der Waals surface area (Å²) >= 11 is 0. The lowest BCUT2D eigenvalue weighted by Crippen LogP contribution is -2.29. The van der Waals surface area contributed by atoms with Crippen molar-refractivity contribution in [3.05, 3.63) is 72.9 Å². The molecule has 11 heteroatoms. The Bertz CT molecular complexity index is 1180. The van der Waals surface area contributed by atoms with Gasteiger partial charge in [0.15, 0.2) is 6.10 Å². The van der Waals surface area contributed by atoms with Crippen LogP contribution >= 0.6 is 7.82 Å². The predicted octanol–water partition coefficient (Wildman–Crippen LogP) is 10.5. The van der Waals surface area contributed by atoms with E-state index in [9.17, 15) is 19.0 Å². The molecule has 0 bridgehead atoms. The maximum absolute atomic E-state index is 12.6. The average Bonchev–Trinajstić information content (AvgIpc) is 3.91. The molecule has 1 fully saturated rings. The highest BCUT2D eigenvalue weighted by Gasteiger charge is 2.36. The van der Waals surface area contributed by atoms with Gasteiger partial charge in [-0.05, 0) is 89.9 Å². The third-order valence-electron chi connectivity index (χ3n) is 8.49. The molecular weight excluding hydrogens is 705 g/mol. The van der Waals surface area contributed by atoms with Crippen LogP contribution < -0.4 is 5.73 Å². The van der Waals surface area contributed by atoms with E-state index in [1.165, 1.54) is 38.5 Å². The Morgan fingerprint density at radius 2 is 1.19 bits per heavy atom. The first-order chi connectivity index (χ1) is 26.3. The molecule has 0 aliphatic carbocycles. The van der Waals surface area contributed by atoms with Crippen molar-refractivity contribution >= 4 is 19.8 Å². The van der Waals surface area contributed by atoms with E-state index in [-0.39, 0.29) is 44.8 Å². The molecule has 1 saturated heterocycles. The number of hydrogen-bond donors (Lipinski definition) is 2. The number of epoxide rings is 1. The van der Waals surface area contributed by atoms with Gasteiger partial charge >= 0.3 is 19.8 Å². The third-order valence-corrected chi connectivity index (χ3v) is 9.47. The molecule has 0 saturated carbocycles. The molecule has 0 aromatic carbocycles. The highest BCUT2D eigenvalue weighted by atomic mass is 31.2. The summed E-state index contributed by atoms with van der Waals surface area (Å²) in [5.74, 6) is -0.958. The van der Waals surface area contributed by atoms with Crippen molar-refractivity contribution < 1.29 is 42.3 Å². The van der Waals surface area contributed by atoms with Crippen molar-refractivity contribution in [3.63, 3.8) is 0 Å². The Hall–Kier alpha value is -2.59. The lowest BCUT2D eigenvalue weighted by molar-refractivity contribution is -0.161. The zero-order chi connectivity index (χ0) is 39.4. The normalized spacial score (nSPS) is 17.9. The average molecular weight is 778 g/mol. The first-order valence-corrected chi connectivity index (χ1v) is 22.0. The quantitative estimate of drug-likeness (QED) is 0.0207. The van der Waals surface area contributed by atoms with Gasteiger partial charge in [-0.1, -0.05) is 112 Å². The zero-order valence-corrected chi connectivity index (χ0v) is 34.3. The monoisotopic (exact) mass is 777 g/mol. The SMILES string of the molecule is CCCCC/C=C\C/C=C\C/C=C\CCCCC(=O)OC[C@H](COP(=O)(O)OCCN)OC(=O)CCCC1OC1C/C=C\C/C=C\C/C=C\CCCCC. The number of esters is 2. The number of carbonyl (C=O) groups excluding carboxylic acids is 2. The summed E-state index contributed by atoms with van der Waals surface area (Å²) in [6.45, 7) is 3.51. The van der Waals surface area contributed by atoms with Gasteiger partial charge in [0.05, 0.1) is 25.4 Å². The second kappa shape index (κ2) is 34.9. The maximum atomic E-state index is 12.6. The number of phosphoric acid groups is 1. The topological polar surface area (TPSA) is 147 Å². The lowest BCUT2D eigenvalue weighted by atomic mass is 10.1. The number of allylic oxidation sites excluding steroid dienone is 11. The molecule has 308 valence electrons. The molecular formula is C43H72NO9P. The molecule has 0 radical (unpaired) electrons. The highest BCUT2D eigenvalue weighted by Crippen LogP contribution is 2.43. The number of unbranched alkanes of at least 4 members (excludes halogenated alkanes) is 8. The minimum atomic E-state index is -4.41. The Morgan fingerprint density at radius 3 is 1.74 bits per heavy atom. The van der Waals surface area contributed by atoms with E-state index in [1.807, 2.05) is 0 Å². The molecule has 1 rings (SSSR count). The first-order valence-electron chi connectivity index (χ1n) is 20.5. The van der Waals surface area contributed by atoms with Gasteiger partial charge in [0.2, 0.25) is 0 Å². The summed E-state index contributed by atoms with van der Waals surface area (Å²) in [6.07, 6.45) is 43.8. The Kier molecular flexibility index (Phi) is 31.9. The van der Waals surface area contributed by atoms with E-state index in [2.05, 4.69) is 86.8 Å². The standard InChI is InChI=1S/C43H72NO9P/c1-3-5-7-9-11-13-15-17-18-19-21-23-25-27-29-33-42(45)49-37-39(38-51-54(47,48)50-36-35-44)52-43(46)34-30-32-41-40(53-41)31-28-26-24-22-20-16-14-12-10-8-6-4-2/h11-14,17-18,20-23,26,28,39-41H,3-10,15-16,19,24-25,27,29-38,44H2,1-2H3,(H,47,48)/b13-11-,14-12-,18-17-,22-20-,23-21-,28-26-/t39-,40?,41?/m1/s1. The van der Waals surface area contributed by atoms with Crippen LogP contribution in [0.5, 0.6) is 0 Å². The Balaban J connectivity index is 2.30. The van der Waals surface area contributed by atoms with Crippen molar-refractivity contribution in [2.75, 3.05) is 26.4 Å². The number of nitrogens with two attached hydrogens (primary N) is 1. The summed E-state index contributed by atoms with van der Waals surface area (Å²) in [7, 11) is -4.41. The molecule has 0 aromatic heterocycles. The molecule has 3 N–H and O–H groups in total. The highest BCUT2D eigenvalue weighted by molar-refractivity contribution is 7.47. The second-order valence-corrected chi connectivity index (χ2v) is 15.0. The van der Waals surface area contributed by atoms with Crippen molar-refractivity contribution in [3.8, 4) is 0 Å². The van der Waals surface area contributed by atoms with Crippen molar-refractivity contribution in [2.24, 2.45) is 5.73 Å². The summed E-state index contributed by atoms with van der Waals surface area (Å²) in [6, 6.07) is 0. The lowest BCUT2D eigenvalue weighted by Gasteiger charge is -2.19. The molecule has 1 aliphatic heterocycles. The molecule has 0 amide bonds. The molecule has 0 aromatic rings. The zero-order valence-electron chi connectivity index (χ0n) is 33.4. The van der Waals surface area contributed by atoms with Crippen LogP contribution in [-0.4, -0.2) is 61.5 Å². The van der Waals surface area contributed by atoms with Crippen LogP contribution in [0.1, 0.15) is 142 Å². The van der Waals surface area contributed by atoms with Gasteiger partial charge in [-0.25, -0.2) is 4.57 Å². The number of ether oxygens (including phenoxy) is 3. The Morgan fingerprint density at radius 1 is 0.667 bits per heavy atom. The predicted molar refractivity (Wildman–Crippen MR) is 219 cm³/mol. The van der Waals surface area contributed by atoms with Crippen LogP contribution in [0.2, 0.25) is 0 Å². The van der Waals surface area contributed by atoms with Crippen LogP contribution in [-0.2, 0) is 37.4 Å². The van der Waals surface area contributed by atoms with E-state index in [0.29, 0.717) is 12.8 Å². The van der Waals surface area contributed by atoms with Crippen LogP contribution in [0.25, 0.3) is 0 Å². The minimum absolute atomic E-state index is 0.0322. The maximum Gasteiger partial charge on any atom is 0.472 e. The van der Waals surface area contributed by atoms with Crippen LogP contribution in [0.15, 0.2) is 72.9 Å². The fraction of sp³-hybridized carbons (Fsp3) is 0.674. The molecule has 54 heavy (non-hydrogen) atoms. The van der Waals surface area contributed by atoms with E-state index < -0.39 is 32.5 Å². The summed E-state index contributed by atoms with van der Waals surface area (Å²) in [5.41, 5.74) is 5.34. The number of carbonyl (C=O) groups is 2. The molecule has 1 aliphatic rings. The Labute approximate surface area is 326 Å². The molecule has 0 spiro atoms. The van der Waals surface area contributed by atoms with Gasteiger partial charge < -0.3 is 24.8 Å². The van der Waals surface area contributed by atoms with Crippen LogP contribution in [0.3, 0.4) is 0 Å². The molecule has 1 heterocycles. The largest absolute Gasteiger partial charge is 0.472 e. The van der Waals surface area contributed by atoms with E-state index in [0.717, 1.165) is 64.2 Å². The van der Waals surface area contributed by atoms with Crippen molar-refractivity contribution in [1.29, 1.82) is 0 Å². The number of hydrogen-bond acceptors (Lipinski definition) is 9. The minimum Gasteiger partial charge on any atom is -0.462 e. The fourth-order valence-corrected chi connectivity index (χ4v) is 6.08. The van der Waals surface area contributed by atoms with Gasteiger partial charge in [-0.15, -0.1) is 0 Å². The van der Waals surface area contributed by atoms with Crippen molar-refractivity contribution in [2.45, 2.75) is 161 Å². The van der Waals surface area contributed by atoms with E-state index >= 15 is 0 Å². The summed E-state index contributed by atoms with van der Waals surface area (Å²) in [5, 5.41) is 0. The molecule has 3 unspecified atom stereocenters. The second-order valence-electron chi connectivity index (χ2n) is 13.5. The van der Waals surface area contributed by atoms with E-state index in [1.54, 1.807) is 0 Å². The summed E-state index contributed by atoms with van der Waals surface area (Å²) < 4.78 is 38.4. The van der Waals surface area contributed by atoms with Crippen LogP contribution in [0, 0.1) is 0 Å². The van der Waals surface area contributed by atoms with Gasteiger partial charge in [-0.3, -0.25) is 18.6 Å². The van der Waals surface area contributed by atoms with Crippen molar-refractivity contribution in [1.82, 2.24) is 0 Å². The summed E-state index contributed by atoms with van der Waals surface area (Å²) in [4.78, 5) is 34.9. The van der Waals surface area contributed by atoms with Crippen LogP contribution in [0.4, 0.5) is 0 Å². The fourth-order valence-electron chi connectivity index (χ4n) is 5.31. The van der Waals surface area contributed by atoms with E-state index in [4.69, 9.17) is 29.0 Å².